The molecule has 0 aliphatic carbocycles. The van der Waals surface area contributed by atoms with Crippen LogP contribution in [0.15, 0.2) is 27.4 Å². The van der Waals surface area contributed by atoms with Crippen LogP contribution in [-0.4, -0.2) is 21.4 Å². The van der Waals surface area contributed by atoms with Crippen molar-refractivity contribution in [3.05, 3.63) is 45.8 Å². The van der Waals surface area contributed by atoms with E-state index in [0.29, 0.717) is 36.4 Å². The summed E-state index contributed by atoms with van der Waals surface area (Å²) in [6, 6.07) is 3.68. The summed E-state index contributed by atoms with van der Waals surface area (Å²) in [6.07, 6.45) is -2.75. The molecule has 0 N–H and O–H groups in total. The normalized spacial score (nSPS) is 16.0. The van der Waals surface area contributed by atoms with Gasteiger partial charge in [-0.1, -0.05) is 0 Å². The summed E-state index contributed by atoms with van der Waals surface area (Å²) in [7, 11) is 0. The van der Waals surface area contributed by atoms with E-state index in [2.05, 4.69) is 30.8 Å². The van der Waals surface area contributed by atoms with Crippen molar-refractivity contribution in [3.8, 4) is 0 Å². The zero-order valence-corrected chi connectivity index (χ0v) is 12.4. The summed E-state index contributed by atoms with van der Waals surface area (Å²) >= 11 is 3.24. The monoisotopic (exact) mass is 361 g/mol. The van der Waals surface area contributed by atoms with Gasteiger partial charge in [0.2, 0.25) is 5.82 Å². The molecule has 112 valence electrons. The average Bonchev–Trinajstić information content (AvgIpc) is 2.82. The molecule has 4 nitrogen and oxygen atoms in total. The minimum Gasteiger partial charge on any atom is -0.453 e. The fraction of sp³-hybridized carbons (Fsp3) is 0.385. The molecule has 0 saturated carbocycles. The van der Waals surface area contributed by atoms with E-state index in [1.807, 2.05) is 12.1 Å². The van der Waals surface area contributed by atoms with Crippen molar-refractivity contribution in [3.63, 3.8) is 0 Å². The second kappa shape index (κ2) is 5.42. The van der Waals surface area contributed by atoms with Gasteiger partial charge >= 0.3 is 6.18 Å². The van der Waals surface area contributed by atoms with Crippen LogP contribution in [0.25, 0.3) is 0 Å². The number of hydrogen-bond donors (Lipinski definition) is 0. The number of fused-ring (bicyclic) bond motifs is 1. The molecule has 1 aliphatic heterocycles. The molecule has 8 heteroatoms. The van der Waals surface area contributed by atoms with Crippen molar-refractivity contribution in [1.29, 1.82) is 0 Å². The fourth-order valence-corrected chi connectivity index (χ4v) is 2.64. The fourth-order valence-electron chi connectivity index (χ4n) is 2.30. The molecule has 3 heterocycles. The lowest BCUT2D eigenvalue weighted by Crippen LogP contribution is -2.31. The van der Waals surface area contributed by atoms with Gasteiger partial charge in [0.05, 0.1) is 12.2 Å². The zero-order valence-electron chi connectivity index (χ0n) is 10.8. The van der Waals surface area contributed by atoms with Crippen LogP contribution < -0.4 is 0 Å². The third kappa shape index (κ3) is 3.26. The van der Waals surface area contributed by atoms with Gasteiger partial charge in [0, 0.05) is 31.3 Å². The number of alkyl halides is 3. The Morgan fingerprint density at radius 3 is 2.81 bits per heavy atom. The topological polar surface area (TPSA) is 42.2 Å². The first kappa shape index (κ1) is 14.5. The molecule has 0 bridgehead atoms. The first-order valence-electron chi connectivity index (χ1n) is 6.30. The number of furan rings is 1. The first-order valence-corrected chi connectivity index (χ1v) is 7.09. The van der Waals surface area contributed by atoms with Gasteiger partial charge in [0.25, 0.3) is 0 Å². The highest BCUT2D eigenvalue weighted by molar-refractivity contribution is 9.10. The van der Waals surface area contributed by atoms with E-state index in [1.165, 1.54) is 6.20 Å². The summed E-state index contributed by atoms with van der Waals surface area (Å²) in [6.45, 7) is 1.76. The van der Waals surface area contributed by atoms with Crippen molar-refractivity contribution in [1.82, 2.24) is 14.9 Å². The highest BCUT2D eigenvalue weighted by atomic mass is 79.9. The van der Waals surface area contributed by atoms with Gasteiger partial charge in [-0.05, 0) is 28.1 Å². The predicted octanol–water partition coefficient (Wildman–Crippen LogP) is 3.41. The molecule has 0 fully saturated rings. The zero-order chi connectivity index (χ0) is 15.0. The van der Waals surface area contributed by atoms with Crippen molar-refractivity contribution in [2.24, 2.45) is 0 Å². The lowest BCUT2D eigenvalue weighted by molar-refractivity contribution is -0.145. The van der Waals surface area contributed by atoms with E-state index < -0.39 is 12.0 Å². The van der Waals surface area contributed by atoms with Crippen LogP contribution in [0, 0.1) is 0 Å². The average molecular weight is 362 g/mol. The Kier molecular flexibility index (Phi) is 3.75. The van der Waals surface area contributed by atoms with Gasteiger partial charge in [-0.3, -0.25) is 4.90 Å². The lowest BCUT2D eigenvalue weighted by atomic mass is 10.1. The highest BCUT2D eigenvalue weighted by Gasteiger charge is 2.35. The quantitative estimate of drug-likeness (QED) is 0.821. The molecule has 2 aromatic heterocycles. The maximum atomic E-state index is 12.6. The summed E-state index contributed by atoms with van der Waals surface area (Å²) in [5.41, 5.74) is 1.22. The van der Waals surface area contributed by atoms with Crippen LogP contribution in [0.3, 0.4) is 0 Å². The maximum absolute atomic E-state index is 12.6. The standard InChI is InChI=1S/C13H11BrF3N3O/c14-11-2-1-9(21-11)7-20-4-3-10-8(6-20)5-18-12(19-10)13(15,16)17/h1-2,5H,3-4,6-7H2. The molecule has 2 aromatic rings. The molecular formula is C13H11BrF3N3O. The van der Waals surface area contributed by atoms with Crippen LogP contribution in [-0.2, 0) is 25.7 Å². The van der Waals surface area contributed by atoms with Gasteiger partial charge in [-0.2, -0.15) is 13.2 Å². The predicted molar refractivity (Wildman–Crippen MR) is 71.3 cm³/mol. The minimum absolute atomic E-state index is 0.475. The second-order valence-corrected chi connectivity index (χ2v) is 5.61. The number of rotatable bonds is 2. The van der Waals surface area contributed by atoms with Crippen molar-refractivity contribution in [2.45, 2.75) is 25.7 Å². The Labute approximate surface area is 127 Å². The number of nitrogens with zero attached hydrogens (tertiary/aromatic N) is 3. The Morgan fingerprint density at radius 2 is 2.14 bits per heavy atom. The van der Waals surface area contributed by atoms with Crippen molar-refractivity contribution >= 4 is 15.9 Å². The molecule has 21 heavy (non-hydrogen) atoms. The molecule has 3 rings (SSSR count). The first-order chi connectivity index (χ1) is 9.91. The molecular weight excluding hydrogens is 351 g/mol. The van der Waals surface area contributed by atoms with E-state index in [-0.39, 0.29) is 0 Å². The van der Waals surface area contributed by atoms with Crippen molar-refractivity contribution in [2.75, 3.05) is 6.54 Å². The number of hydrogen-bond acceptors (Lipinski definition) is 4. The molecule has 0 saturated heterocycles. The highest BCUT2D eigenvalue weighted by Crippen LogP contribution is 2.28. The van der Waals surface area contributed by atoms with E-state index in [1.54, 1.807) is 0 Å². The third-order valence-corrected chi connectivity index (χ3v) is 3.70. The largest absolute Gasteiger partial charge is 0.453 e. The second-order valence-electron chi connectivity index (χ2n) is 4.83. The Morgan fingerprint density at radius 1 is 1.33 bits per heavy atom. The van der Waals surface area contributed by atoms with Crippen LogP contribution >= 0.6 is 15.9 Å². The SMILES string of the molecule is FC(F)(F)c1ncc2c(n1)CCN(Cc1ccc(Br)o1)C2. The molecule has 0 unspecified atom stereocenters. The summed E-state index contributed by atoms with van der Waals surface area (Å²) in [4.78, 5) is 9.14. The third-order valence-electron chi connectivity index (χ3n) is 3.27. The number of halogens is 4. The molecule has 0 radical (unpaired) electrons. The van der Waals surface area contributed by atoms with Crippen LogP contribution in [0.4, 0.5) is 13.2 Å². The Hall–Kier alpha value is -1.41. The van der Waals surface area contributed by atoms with Gasteiger partial charge in [-0.15, -0.1) is 0 Å². The smallest absolute Gasteiger partial charge is 0.451 e. The van der Waals surface area contributed by atoms with Gasteiger partial charge < -0.3 is 4.42 Å². The van der Waals surface area contributed by atoms with Gasteiger partial charge in [0.15, 0.2) is 4.67 Å². The van der Waals surface area contributed by atoms with Crippen molar-refractivity contribution < 1.29 is 17.6 Å². The lowest BCUT2D eigenvalue weighted by Gasteiger charge is -2.27. The Balaban J connectivity index is 1.74. The van der Waals surface area contributed by atoms with Gasteiger partial charge in [0.1, 0.15) is 5.76 Å². The van der Waals surface area contributed by atoms with Crippen LogP contribution in [0.5, 0.6) is 0 Å². The Bertz CT molecular complexity index is 656. The molecule has 1 aliphatic rings. The number of aromatic nitrogens is 2. The van der Waals surface area contributed by atoms with E-state index in [0.717, 1.165) is 11.3 Å². The van der Waals surface area contributed by atoms with E-state index in [4.69, 9.17) is 4.42 Å². The molecule has 0 spiro atoms. The van der Waals surface area contributed by atoms with Gasteiger partial charge in [-0.25, -0.2) is 9.97 Å². The minimum atomic E-state index is -4.49. The maximum Gasteiger partial charge on any atom is 0.451 e. The van der Waals surface area contributed by atoms with E-state index in [9.17, 15) is 13.2 Å². The van der Waals surface area contributed by atoms with Crippen LogP contribution in [0.1, 0.15) is 22.8 Å². The van der Waals surface area contributed by atoms with E-state index >= 15 is 0 Å². The molecule has 0 aromatic carbocycles. The summed E-state index contributed by atoms with van der Waals surface area (Å²) in [5, 5.41) is 0. The van der Waals surface area contributed by atoms with Crippen LogP contribution in [0.2, 0.25) is 0 Å². The summed E-state index contributed by atoms with van der Waals surface area (Å²) < 4.78 is 43.8. The summed E-state index contributed by atoms with van der Waals surface area (Å²) in [5.74, 6) is -0.261. The molecule has 0 amide bonds. The molecule has 0 atom stereocenters.